The second-order valence-electron chi connectivity index (χ2n) is 7.22. The number of rotatable bonds is 6. The van der Waals surface area contributed by atoms with Crippen LogP contribution in [0.25, 0.3) is 0 Å². The van der Waals surface area contributed by atoms with Gasteiger partial charge in [-0.3, -0.25) is 4.79 Å². The third kappa shape index (κ3) is 3.94. The zero-order valence-corrected chi connectivity index (χ0v) is 15.4. The highest BCUT2D eigenvalue weighted by atomic mass is 35.5. The van der Waals surface area contributed by atoms with Gasteiger partial charge in [0.1, 0.15) is 0 Å². The average Bonchev–Trinajstić information content (AvgIpc) is 3.16. The van der Waals surface area contributed by atoms with Gasteiger partial charge in [-0.15, -0.1) is 0 Å². The molecule has 4 atom stereocenters. The van der Waals surface area contributed by atoms with Crippen molar-refractivity contribution in [2.75, 3.05) is 5.75 Å². The number of fused-ring (bicyclic) bond motifs is 2. The number of sulfone groups is 1. The van der Waals surface area contributed by atoms with Gasteiger partial charge in [0.15, 0.2) is 9.84 Å². The van der Waals surface area contributed by atoms with Crippen LogP contribution in [-0.2, 0) is 14.6 Å². The largest absolute Gasteiger partial charge is 0.353 e. The molecule has 2 aliphatic rings. The van der Waals surface area contributed by atoms with Gasteiger partial charge >= 0.3 is 0 Å². The van der Waals surface area contributed by atoms with Crippen LogP contribution >= 0.6 is 11.6 Å². The van der Waals surface area contributed by atoms with E-state index in [9.17, 15) is 13.2 Å². The second-order valence-corrected chi connectivity index (χ2v) is 9.76. The van der Waals surface area contributed by atoms with Crippen LogP contribution in [0.1, 0.15) is 39.0 Å². The summed E-state index contributed by atoms with van der Waals surface area (Å²) >= 11 is 5.78. The van der Waals surface area contributed by atoms with E-state index in [4.69, 9.17) is 11.6 Å². The number of hydrogen-bond donors (Lipinski definition) is 1. The Bertz CT molecular complexity index is 701. The molecular formula is C18H24ClNO3S. The molecule has 3 rings (SSSR count). The van der Waals surface area contributed by atoms with Crippen molar-refractivity contribution in [3.05, 3.63) is 29.3 Å². The molecule has 132 valence electrons. The first-order chi connectivity index (χ1) is 11.3. The molecule has 6 heteroatoms. The van der Waals surface area contributed by atoms with Crippen LogP contribution in [-0.4, -0.2) is 26.1 Å². The standard InChI is InChI=1S/C18H24ClNO3S/c1-12(17-11-13-2-3-14(17)10-13)20-18(21)8-9-24(22,23)16-6-4-15(19)5-7-16/h4-7,12-14,17H,2-3,8-11H2,1H3,(H,20,21)/t12-,13-,14-,17+/m0/s1. The lowest BCUT2D eigenvalue weighted by Gasteiger charge is -2.28. The molecule has 0 saturated heterocycles. The van der Waals surface area contributed by atoms with Crippen molar-refractivity contribution >= 4 is 27.3 Å². The highest BCUT2D eigenvalue weighted by Gasteiger charge is 2.42. The topological polar surface area (TPSA) is 63.2 Å². The summed E-state index contributed by atoms with van der Waals surface area (Å²) in [5.41, 5.74) is 0. The Hall–Kier alpha value is -1.07. The first kappa shape index (κ1) is 17.7. The summed E-state index contributed by atoms with van der Waals surface area (Å²) in [6.45, 7) is 2.05. The van der Waals surface area contributed by atoms with Crippen LogP contribution in [0.15, 0.2) is 29.2 Å². The van der Waals surface area contributed by atoms with Crippen molar-refractivity contribution in [2.45, 2.75) is 50.0 Å². The second kappa shape index (κ2) is 7.04. The molecule has 0 aliphatic heterocycles. The molecule has 0 radical (unpaired) electrons. The van der Waals surface area contributed by atoms with Crippen molar-refractivity contribution in [2.24, 2.45) is 17.8 Å². The van der Waals surface area contributed by atoms with E-state index in [-0.39, 0.29) is 29.0 Å². The molecule has 0 spiro atoms. The molecule has 2 saturated carbocycles. The first-order valence-electron chi connectivity index (χ1n) is 8.63. The molecule has 0 heterocycles. The van der Waals surface area contributed by atoms with E-state index < -0.39 is 9.84 Å². The van der Waals surface area contributed by atoms with Gasteiger partial charge in [-0.1, -0.05) is 18.0 Å². The zero-order chi connectivity index (χ0) is 17.3. The maximum Gasteiger partial charge on any atom is 0.221 e. The van der Waals surface area contributed by atoms with E-state index >= 15 is 0 Å². The van der Waals surface area contributed by atoms with Gasteiger partial charge in [0.2, 0.25) is 5.91 Å². The molecule has 2 fully saturated rings. The van der Waals surface area contributed by atoms with Gasteiger partial charge in [0.25, 0.3) is 0 Å². The fraction of sp³-hybridized carbons (Fsp3) is 0.611. The Morgan fingerprint density at radius 3 is 2.54 bits per heavy atom. The van der Waals surface area contributed by atoms with Crippen molar-refractivity contribution in [1.82, 2.24) is 5.32 Å². The fourth-order valence-corrected chi connectivity index (χ4v) is 5.69. The van der Waals surface area contributed by atoms with Gasteiger partial charge in [-0.05, 0) is 68.2 Å². The summed E-state index contributed by atoms with van der Waals surface area (Å²) < 4.78 is 24.5. The van der Waals surface area contributed by atoms with Gasteiger partial charge < -0.3 is 5.32 Å². The van der Waals surface area contributed by atoms with E-state index in [1.54, 1.807) is 12.1 Å². The van der Waals surface area contributed by atoms with Crippen LogP contribution in [0.3, 0.4) is 0 Å². The van der Waals surface area contributed by atoms with Gasteiger partial charge in [-0.25, -0.2) is 8.42 Å². The molecule has 1 amide bonds. The minimum absolute atomic E-state index is 0.00385. The maximum absolute atomic E-state index is 12.3. The summed E-state index contributed by atoms with van der Waals surface area (Å²) in [5, 5.41) is 3.51. The van der Waals surface area contributed by atoms with E-state index in [2.05, 4.69) is 12.2 Å². The normalized spacial score (nSPS) is 27.2. The summed E-state index contributed by atoms with van der Waals surface area (Å²) in [5.74, 6) is 1.78. The fourth-order valence-electron chi connectivity index (χ4n) is 4.33. The first-order valence-corrected chi connectivity index (χ1v) is 10.7. The lowest BCUT2D eigenvalue weighted by atomic mass is 9.84. The average molecular weight is 370 g/mol. The Labute approximate surface area is 148 Å². The Kier molecular flexibility index (Phi) is 5.21. The smallest absolute Gasteiger partial charge is 0.221 e. The molecule has 1 aromatic carbocycles. The van der Waals surface area contributed by atoms with E-state index in [0.29, 0.717) is 10.9 Å². The molecule has 4 nitrogen and oxygen atoms in total. The van der Waals surface area contributed by atoms with Gasteiger partial charge in [0, 0.05) is 17.5 Å². The lowest BCUT2D eigenvalue weighted by Crippen LogP contribution is -2.40. The monoisotopic (exact) mass is 369 g/mol. The zero-order valence-electron chi connectivity index (χ0n) is 13.9. The van der Waals surface area contributed by atoms with Crippen LogP contribution in [0.4, 0.5) is 0 Å². The van der Waals surface area contributed by atoms with E-state index in [1.165, 1.54) is 37.8 Å². The van der Waals surface area contributed by atoms with Crippen molar-refractivity contribution in [3.63, 3.8) is 0 Å². The molecular weight excluding hydrogens is 346 g/mol. The van der Waals surface area contributed by atoms with Crippen LogP contribution in [0, 0.1) is 17.8 Å². The lowest BCUT2D eigenvalue weighted by molar-refractivity contribution is -0.121. The molecule has 1 N–H and O–H groups in total. The van der Waals surface area contributed by atoms with Gasteiger partial charge in [0.05, 0.1) is 10.6 Å². The number of amides is 1. The third-order valence-corrected chi connectivity index (χ3v) is 7.58. The minimum atomic E-state index is -3.45. The van der Waals surface area contributed by atoms with Crippen molar-refractivity contribution < 1.29 is 13.2 Å². The molecule has 24 heavy (non-hydrogen) atoms. The number of carbonyl (C=O) groups is 1. The molecule has 2 aliphatic carbocycles. The van der Waals surface area contributed by atoms with Crippen LogP contribution in [0.2, 0.25) is 5.02 Å². The molecule has 0 unspecified atom stereocenters. The quantitative estimate of drug-likeness (QED) is 0.835. The summed E-state index contributed by atoms with van der Waals surface area (Å²) in [7, 11) is -3.45. The van der Waals surface area contributed by atoms with E-state index in [1.807, 2.05) is 0 Å². The molecule has 0 aromatic heterocycles. The predicted molar refractivity (Wildman–Crippen MR) is 94.7 cm³/mol. The summed E-state index contributed by atoms with van der Waals surface area (Å²) in [4.78, 5) is 12.4. The third-order valence-electron chi connectivity index (χ3n) is 5.59. The summed E-state index contributed by atoms with van der Waals surface area (Å²) in [6, 6.07) is 6.18. The Morgan fingerprint density at radius 1 is 1.25 bits per heavy atom. The van der Waals surface area contributed by atoms with E-state index in [0.717, 1.165) is 11.8 Å². The number of nitrogens with one attached hydrogen (secondary N) is 1. The van der Waals surface area contributed by atoms with Gasteiger partial charge in [-0.2, -0.15) is 0 Å². The number of hydrogen-bond acceptors (Lipinski definition) is 3. The van der Waals surface area contributed by atoms with Crippen LogP contribution in [0.5, 0.6) is 0 Å². The predicted octanol–water partition coefficient (Wildman–Crippen LogP) is 3.44. The highest BCUT2D eigenvalue weighted by Crippen LogP contribution is 2.49. The Morgan fingerprint density at radius 2 is 1.96 bits per heavy atom. The number of carbonyl (C=O) groups excluding carboxylic acids is 1. The number of halogens is 1. The van der Waals surface area contributed by atoms with Crippen molar-refractivity contribution in [3.8, 4) is 0 Å². The SMILES string of the molecule is C[C@H](NC(=O)CCS(=O)(=O)c1ccc(Cl)cc1)[C@H]1C[C@H]2CC[C@H]1C2. The molecule has 1 aromatic rings. The highest BCUT2D eigenvalue weighted by molar-refractivity contribution is 7.91. The number of benzene rings is 1. The Balaban J connectivity index is 1.51. The minimum Gasteiger partial charge on any atom is -0.353 e. The maximum atomic E-state index is 12.3. The van der Waals surface area contributed by atoms with Crippen LogP contribution < -0.4 is 5.32 Å². The summed E-state index contributed by atoms with van der Waals surface area (Å²) in [6.07, 6.45) is 5.11. The molecule has 2 bridgehead atoms. The van der Waals surface area contributed by atoms with Crippen molar-refractivity contribution in [1.29, 1.82) is 0 Å².